The van der Waals surface area contributed by atoms with Gasteiger partial charge in [-0.1, -0.05) is 49.4 Å². The number of ether oxygens (including phenoxy) is 1. The number of aromatic nitrogens is 3. The number of methoxy groups -OCH3 is 1. The van der Waals surface area contributed by atoms with Gasteiger partial charge in [-0.2, -0.15) is 4.31 Å². The van der Waals surface area contributed by atoms with Crippen molar-refractivity contribution >= 4 is 27.0 Å². The van der Waals surface area contributed by atoms with Gasteiger partial charge >= 0.3 is 5.97 Å². The molecule has 4 rings (SSSR count). The molecule has 1 atom stereocenters. The van der Waals surface area contributed by atoms with Crippen LogP contribution in [0.15, 0.2) is 59.5 Å². The highest BCUT2D eigenvalue weighted by atomic mass is 32.2. The van der Waals surface area contributed by atoms with Crippen LogP contribution in [0.3, 0.4) is 0 Å². The van der Waals surface area contributed by atoms with E-state index >= 15 is 0 Å². The summed E-state index contributed by atoms with van der Waals surface area (Å²) in [6.45, 7) is 6.17. The summed E-state index contributed by atoms with van der Waals surface area (Å²) in [6, 6.07) is 16.3. The van der Waals surface area contributed by atoms with Gasteiger partial charge in [-0.25, -0.2) is 13.1 Å². The van der Waals surface area contributed by atoms with Gasteiger partial charge in [-0.15, -0.1) is 5.10 Å². The fraction of sp³-hybridized carbons (Fsp3) is 0.345. The monoisotopic (exact) mass is 550 g/mol. The maximum atomic E-state index is 13.3. The fourth-order valence-corrected chi connectivity index (χ4v) is 5.89. The predicted molar refractivity (Wildman–Crippen MR) is 150 cm³/mol. The quantitative estimate of drug-likeness (QED) is 0.301. The standard InChI is InChI=1S/C29H34N4O5S/c1-18(2)20-9-11-24(12-10-20)39(36,37)32(4)17-23-13-21(8-7-19(23)3)25(16-28(34)35)22-14-26-29(27(15-22)38-6)33(5)31-30-26/h7-15,18,25H,16-17H2,1-6H3,(H,34,35). The zero-order chi connectivity index (χ0) is 28.5. The summed E-state index contributed by atoms with van der Waals surface area (Å²) in [7, 11) is 1.14. The van der Waals surface area contributed by atoms with Crippen LogP contribution >= 0.6 is 0 Å². The molecule has 0 saturated carbocycles. The average Bonchev–Trinajstić information content (AvgIpc) is 3.28. The van der Waals surface area contributed by atoms with Gasteiger partial charge in [0.15, 0.2) is 0 Å². The van der Waals surface area contributed by atoms with Crippen molar-refractivity contribution in [3.8, 4) is 5.75 Å². The van der Waals surface area contributed by atoms with Gasteiger partial charge in [-0.3, -0.25) is 4.79 Å². The van der Waals surface area contributed by atoms with E-state index in [0.29, 0.717) is 22.7 Å². The van der Waals surface area contributed by atoms with Crippen molar-refractivity contribution in [1.29, 1.82) is 0 Å². The first-order chi connectivity index (χ1) is 18.4. The molecule has 3 aromatic carbocycles. The third kappa shape index (κ3) is 5.81. The molecule has 0 aliphatic carbocycles. The van der Waals surface area contributed by atoms with Gasteiger partial charge in [0.2, 0.25) is 10.0 Å². The number of hydrogen-bond acceptors (Lipinski definition) is 6. The normalized spacial score (nSPS) is 12.8. The van der Waals surface area contributed by atoms with Gasteiger partial charge < -0.3 is 9.84 Å². The predicted octanol–water partition coefficient (Wildman–Crippen LogP) is 4.84. The van der Waals surface area contributed by atoms with E-state index in [4.69, 9.17) is 4.74 Å². The number of hydrogen-bond donors (Lipinski definition) is 1. The molecule has 1 aromatic heterocycles. The molecule has 0 amide bonds. The largest absolute Gasteiger partial charge is 0.494 e. The minimum atomic E-state index is -3.73. The van der Waals surface area contributed by atoms with Crippen molar-refractivity contribution in [2.75, 3.05) is 14.2 Å². The average molecular weight is 551 g/mol. The lowest BCUT2D eigenvalue weighted by Gasteiger charge is -2.22. The number of sulfonamides is 1. The molecule has 0 spiro atoms. The number of rotatable bonds is 10. The van der Waals surface area contributed by atoms with Crippen LogP contribution in [0.2, 0.25) is 0 Å². The summed E-state index contributed by atoms with van der Waals surface area (Å²) in [5.74, 6) is -0.609. The SMILES string of the molecule is COc1cc(C(CC(=O)O)c2ccc(C)c(CN(C)S(=O)(=O)c3ccc(C(C)C)cc3)c2)cc2nnn(C)c12. The van der Waals surface area contributed by atoms with Gasteiger partial charge in [0.1, 0.15) is 16.8 Å². The first kappa shape index (κ1) is 28.3. The smallest absolute Gasteiger partial charge is 0.304 e. The van der Waals surface area contributed by atoms with Crippen molar-refractivity contribution in [3.63, 3.8) is 0 Å². The Kier molecular flexibility index (Phi) is 8.08. The molecular formula is C29H34N4O5S. The third-order valence-electron chi connectivity index (χ3n) is 7.11. The Morgan fingerprint density at radius 3 is 2.33 bits per heavy atom. The van der Waals surface area contributed by atoms with Gasteiger partial charge in [0.25, 0.3) is 0 Å². The molecule has 0 aliphatic heterocycles. The maximum Gasteiger partial charge on any atom is 0.304 e. The Labute approximate surface area is 229 Å². The molecular weight excluding hydrogens is 516 g/mol. The van der Waals surface area contributed by atoms with Crippen molar-refractivity contribution in [2.24, 2.45) is 7.05 Å². The number of aliphatic carboxylic acids is 1. The fourth-order valence-electron chi connectivity index (χ4n) is 4.74. The van der Waals surface area contributed by atoms with Crippen LogP contribution in [0.25, 0.3) is 11.0 Å². The number of benzene rings is 3. The summed E-state index contributed by atoms with van der Waals surface area (Å²) >= 11 is 0. The molecule has 1 unspecified atom stereocenters. The van der Waals surface area contributed by atoms with E-state index in [0.717, 1.165) is 27.8 Å². The summed E-state index contributed by atoms with van der Waals surface area (Å²) in [5, 5.41) is 18.0. The molecule has 206 valence electrons. The Hall–Kier alpha value is -3.76. The number of carboxylic acid groups (broad SMARTS) is 1. The number of carboxylic acids is 1. The summed E-state index contributed by atoms with van der Waals surface area (Å²) < 4.78 is 35.2. The van der Waals surface area contributed by atoms with E-state index in [9.17, 15) is 18.3 Å². The summed E-state index contributed by atoms with van der Waals surface area (Å²) in [5.41, 5.74) is 5.57. The van der Waals surface area contributed by atoms with Crippen molar-refractivity contribution in [2.45, 2.75) is 50.5 Å². The van der Waals surface area contributed by atoms with E-state index in [1.54, 1.807) is 38.0 Å². The first-order valence-corrected chi connectivity index (χ1v) is 14.1. The second-order valence-corrected chi connectivity index (χ2v) is 12.2. The molecule has 0 bridgehead atoms. The van der Waals surface area contributed by atoms with Crippen LogP contribution in [0.4, 0.5) is 0 Å². The van der Waals surface area contributed by atoms with E-state index in [1.165, 1.54) is 4.31 Å². The number of nitrogens with zero attached hydrogens (tertiary/aromatic N) is 4. The van der Waals surface area contributed by atoms with E-state index < -0.39 is 21.9 Å². The Balaban J connectivity index is 1.70. The molecule has 1 heterocycles. The highest BCUT2D eigenvalue weighted by Gasteiger charge is 2.25. The molecule has 4 aromatic rings. The molecule has 0 aliphatic rings. The van der Waals surface area contributed by atoms with Crippen LogP contribution in [0.1, 0.15) is 59.9 Å². The minimum absolute atomic E-state index is 0.139. The Bertz CT molecular complexity index is 1610. The molecule has 0 fully saturated rings. The van der Waals surface area contributed by atoms with Crippen LogP contribution in [-0.4, -0.2) is 53.0 Å². The van der Waals surface area contributed by atoms with Crippen molar-refractivity contribution < 1.29 is 23.1 Å². The molecule has 1 N–H and O–H groups in total. The molecule has 0 radical (unpaired) electrons. The number of fused-ring (bicyclic) bond motifs is 1. The minimum Gasteiger partial charge on any atom is -0.494 e. The van der Waals surface area contributed by atoms with E-state index in [2.05, 4.69) is 24.2 Å². The van der Waals surface area contributed by atoms with Crippen LogP contribution in [0.5, 0.6) is 5.75 Å². The number of carbonyl (C=O) groups is 1. The Morgan fingerprint density at radius 1 is 1.05 bits per heavy atom. The third-order valence-corrected chi connectivity index (χ3v) is 8.93. The molecule has 39 heavy (non-hydrogen) atoms. The lowest BCUT2D eigenvalue weighted by molar-refractivity contribution is -0.137. The van der Waals surface area contributed by atoms with Crippen molar-refractivity contribution in [1.82, 2.24) is 19.3 Å². The van der Waals surface area contributed by atoms with Crippen molar-refractivity contribution in [3.05, 3.63) is 82.4 Å². The maximum absolute atomic E-state index is 13.3. The van der Waals surface area contributed by atoms with Crippen LogP contribution in [0, 0.1) is 6.92 Å². The zero-order valence-corrected chi connectivity index (χ0v) is 23.9. The van der Waals surface area contributed by atoms with E-state index in [1.807, 2.05) is 49.4 Å². The summed E-state index contributed by atoms with van der Waals surface area (Å²) in [6.07, 6.45) is -0.159. The Morgan fingerprint density at radius 2 is 1.72 bits per heavy atom. The second kappa shape index (κ2) is 11.2. The van der Waals surface area contributed by atoms with Gasteiger partial charge in [0, 0.05) is 26.6 Å². The number of aryl methyl sites for hydroxylation is 2. The topological polar surface area (TPSA) is 115 Å². The highest BCUT2D eigenvalue weighted by Crippen LogP contribution is 2.35. The van der Waals surface area contributed by atoms with Gasteiger partial charge in [0.05, 0.1) is 18.4 Å². The molecule has 0 saturated heterocycles. The lowest BCUT2D eigenvalue weighted by atomic mass is 9.86. The molecule has 10 heteroatoms. The highest BCUT2D eigenvalue weighted by molar-refractivity contribution is 7.89. The summed E-state index contributed by atoms with van der Waals surface area (Å²) in [4.78, 5) is 12.1. The van der Waals surface area contributed by atoms with Gasteiger partial charge in [-0.05, 0) is 64.9 Å². The van der Waals surface area contributed by atoms with E-state index in [-0.39, 0.29) is 17.9 Å². The molecule has 9 nitrogen and oxygen atoms in total. The lowest BCUT2D eigenvalue weighted by Crippen LogP contribution is -2.27. The first-order valence-electron chi connectivity index (χ1n) is 12.7. The second-order valence-electron chi connectivity index (χ2n) is 10.1. The van der Waals surface area contributed by atoms with Crippen LogP contribution < -0.4 is 4.74 Å². The van der Waals surface area contributed by atoms with Crippen LogP contribution in [-0.2, 0) is 28.4 Å². The zero-order valence-electron chi connectivity index (χ0n) is 23.0.